The summed E-state index contributed by atoms with van der Waals surface area (Å²) in [6.45, 7) is 2.66. The first kappa shape index (κ1) is 15.1. The van der Waals surface area contributed by atoms with Gasteiger partial charge in [-0.3, -0.25) is 19.6 Å². The normalized spacial score (nSPS) is 11.0. The molecule has 0 aliphatic rings. The Morgan fingerprint density at radius 3 is 2.81 bits per heavy atom. The number of hydrogen-bond donors (Lipinski definition) is 0. The lowest BCUT2D eigenvalue weighted by atomic mass is 10.1. The van der Waals surface area contributed by atoms with Gasteiger partial charge in [-0.2, -0.15) is 5.10 Å². The minimum absolute atomic E-state index is 0.0600. The van der Waals surface area contributed by atoms with Crippen LogP contribution >= 0.6 is 15.9 Å². The lowest BCUT2D eigenvalue weighted by molar-refractivity contribution is -0.385. The molecule has 108 valence electrons. The molecule has 2 rings (SSSR count). The molecule has 2 aromatic rings. The van der Waals surface area contributed by atoms with Gasteiger partial charge in [0.25, 0.3) is 5.69 Å². The largest absolute Gasteiger partial charge is 0.289 e. The van der Waals surface area contributed by atoms with E-state index in [1.54, 1.807) is 16.9 Å². The van der Waals surface area contributed by atoms with Gasteiger partial charge >= 0.3 is 0 Å². The number of halogens is 1. The topological polar surface area (TPSA) is 78.0 Å². The summed E-state index contributed by atoms with van der Waals surface area (Å²) in [6.07, 6.45) is 4.62. The molecule has 1 heterocycles. The number of allylic oxidation sites excluding steroid dienone is 1. The Balaban J connectivity index is 2.27. The summed E-state index contributed by atoms with van der Waals surface area (Å²) in [5.74, 6) is -0.430. The first-order valence-electron chi connectivity index (χ1n) is 6.21. The standard InChI is InChI=1S/C14H12BrN3O3/c1-2-17-9-11(15)12(16-17)7-8-14(19)10-5-3-4-6-13(10)18(20)21/h3-9H,2H2,1H3/b8-7+. The molecule has 0 bridgehead atoms. The highest BCUT2D eigenvalue weighted by molar-refractivity contribution is 9.10. The van der Waals surface area contributed by atoms with Crippen molar-refractivity contribution in [3.63, 3.8) is 0 Å². The number of benzene rings is 1. The van der Waals surface area contributed by atoms with Crippen molar-refractivity contribution >= 4 is 33.5 Å². The van der Waals surface area contributed by atoms with Crippen LogP contribution in [0, 0.1) is 10.1 Å². The van der Waals surface area contributed by atoms with Crippen molar-refractivity contribution in [3.05, 3.63) is 62.4 Å². The third-order valence-electron chi connectivity index (χ3n) is 2.83. The number of aromatic nitrogens is 2. The molecule has 21 heavy (non-hydrogen) atoms. The summed E-state index contributed by atoms with van der Waals surface area (Å²) >= 11 is 3.35. The molecule has 0 amide bonds. The van der Waals surface area contributed by atoms with Crippen molar-refractivity contribution in [1.29, 1.82) is 0 Å². The Labute approximate surface area is 129 Å². The smallest absolute Gasteiger partial charge is 0.280 e. The van der Waals surface area contributed by atoms with E-state index < -0.39 is 10.7 Å². The number of hydrogen-bond acceptors (Lipinski definition) is 4. The van der Waals surface area contributed by atoms with E-state index in [0.717, 1.165) is 4.47 Å². The van der Waals surface area contributed by atoms with Gasteiger partial charge in [-0.15, -0.1) is 0 Å². The highest BCUT2D eigenvalue weighted by Crippen LogP contribution is 2.20. The highest BCUT2D eigenvalue weighted by atomic mass is 79.9. The van der Waals surface area contributed by atoms with Gasteiger partial charge in [-0.05, 0) is 41.1 Å². The molecule has 0 unspecified atom stereocenters. The van der Waals surface area contributed by atoms with Gasteiger partial charge in [0, 0.05) is 18.8 Å². The fourth-order valence-electron chi connectivity index (χ4n) is 1.77. The number of nitrogens with zero attached hydrogens (tertiary/aromatic N) is 3. The van der Waals surface area contributed by atoms with Crippen LogP contribution in [0.1, 0.15) is 23.0 Å². The average Bonchev–Trinajstić information content (AvgIpc) is 2.85. The lowest BCUT2D eigenvalue weighted by Gasteiger charge is -1.97. The molecule has 6 nitrogen and oxygen atoms in total. The fourth-order valence-corrected chi connectivity index (χ4v) is 2.22. The monoisotopic (exact) mass is 349 g/mol. The Kier molecular flexibility index (Phi) is 4.64. The van der Waals surface area contributed by atoms with Gasteiger partial charge in [-0.25, -0.2) is 0 Å². The van der Waals surface area contributed by atoms with Crippen LogP contribution < -0.4 is 0 Å². The molecule has 0 saturated carbocycles. The first-order valence-corrected chi connectivity index (χ1v) is 7.01. The Hall–Kier alpha value is -2.28. The van der Waals surface area contributed by atoms with Crippen molar-refractivity contribution < 1.29 is 9.72 Å². The number of rotatable bonds is 5. The van der Waals surface area contributed by atoms with Crippen LogP contribution in [0.5, 0.6) is 0 Å². The maximum Gasteiger partial charge on any atom is 0.280 e. The van der Waals surface area contributed by atoms with Gasteiger partial charge < -0.3 is 0 Å². The molecule has 0 aliphatic carbocycles. The minimum Gasteiger partial charge on any atom is -0.289 e. The van der Waals surface area contributed by atoms with E-state index in [1.165, 1.54) is 30.4 Å². The van der Waals surface area contributed by atoms with E-state index in [4.69, 9.17) is 0 Å². The Bertz CT molecular complexity index is 722. The third-order valence-corrected chi connectivity index (χ3v) is 3.44. The minimum atomic E-state index is -0.567. The SMILES string of the molecule is CCn1cc(Br)c(/C=C/C(=O)c2ccccc2[N+](=O)[O-])n1. The van der Waals surface area contributed by atoms with Crippen LogP contribution in [-0.4, -0.2) is 20.5 Å². The number of carbonyl (C=O) groups excluding carboxylic acids is 1. The summed E-state index contributed by atoms with van der Waals surface area (Å²) in [6, 6.07) is 5.86. The molecular weight excluding hydrogens is 338 g/mol. The van der Waals surface area contributed by atoms with Crippen LogP contribution in [0.15, 0.2) is 41.0 Å². The summed E-state index contributed by atoms with van der Waals surface area (Å²) in [5.41, 5.74) is 0.457. The molecular formula is C14H12BrN3O3. The number of nitro benzene ring substituents is 1. The predicted molar refractivity (Wildman–Crippen MR) is 82.1 cm³/mol. The Morgan fingerprint density at radius 2 is 2.19 bits per heavy atom. The maximum atomic E-state index is 12.1. The Morgan fingerprint density at radius 1 is 1.48 bits per heavy atom. The van der Waals surface area contributed by atoms with Gasteiger partial charge in [0.2, 0.25) is 0 Å². The van der Waals surface area contributed by atoms with Gasteiger partial charge in [-0.1, -0.05) is 12.1 Å². The molecule has 7 heteroatoms. The van der Waals surface area contributed by atoms with Crippen molar-refractivity contribution in [2.75, 3.05) is 0 Å². The zero-order valence-electron chi connectivity index (χ0n) is 11.2. The van der Waals surface area contributed by atoms with Crippen LogP contribution in [0.3, 0.4) is 0 Å². The van der Waals surface area contributed by atoms with Crippen LogP contribution in [0.2, 0.25) is 0 Å². The second-order valence-corrected chi connectivity index (χ2v) is 5.04. The van der Waals surface area contributed by atoms with E-state index in [2.05, 4.69) is 21.0 Å². The second kappa shape index (κ2) is 6.45. The van der Waals surface area contributed by atoms with Gasteiger partial charge in [0.15, 0.2) is 5.78 Å². The number of ketones is 1. The summed E-state index contributed by atoms with van der Waals surface area (Å²) in [7, 11) is 0. The second-order valence-electron chi connectivity index (χ2n) is 4.19. The van der Waals surface area contributed by atoms with Crippen LogP contribution in [-0.2, 0) is 6.54 Å². The van der Waals surface area contributed by atoms with E-state index in [0.29, 0.717) is 12.2 Å². The van der Waals surface area contributed by atoms with E-state index >= 15 is 0 Å². The van der Waals surface area contributed by atoms with Crippen molar-refractivity contribution in [1.82, 2.24) is 9.78 Å². The molecule has 0 N–H and O–H groups in total. The van der Waals surface area contributed by atoms with E-state index in [-0.39, 0.29) is 11.3 Å². The van der Waals surface area contributed by atoms with Gasteiger partial charge in [0.1, 0.15) is 0 Å². The molecule has 1 aromatic heterocycles. The van der Waals surface area contributed by atoms with Crippen LogP contribution in [0.4, 0.5) is 5.69 Å². The molecule has 0 saturated heterocycles. The third kappa shape index (κ3) is 3.43. The van der Waals surface area contributed by atoms with Crippen molar-refractivity contribution in [3.8, 4) is 0 Å². The quantitative estimate of drug-likeness (QED) is 0.358. The zero-order valence-corrected chi connectivity index (χ0v) is 12.8. The van der Waals surface area contributed by atoms with Crippen molar-refractivity contribution in [2.24, 2.45) is 0 Å². The average molecular weight is 350 g/mol. The van der Waals surface area contributed by atoms with Crippen LogP contribution in [0.25, 0.3) is 6.08 Å². The number of para-hydroxylation sites is 1. The maximum absolute atomic E-state index is 12.1. The summed E-state index contributed by atoms with van der Waals surface area (Å²) in [4.78, 5) is 22.4. The molecule has 1 aromatic carbocycles. The fraction of sp³-hybridized carbons (Fsp3) is 0.143. The van der Waals surface area contributed by atoms with E-state index in [9.17, 15) is 14.9 Å². The summed E-state index contributed by atoms with van der Waals surface area (Å²) < 4.78 is 2.48. The van der Waals surface area contributed by atoms with E-state index in [1.807, 2.05) is 6.92 Å². The zero-order chi connectivity index (χ0) is 15.4. The van der Waals surface area contributed by atoms with Crippen molar-refractivity contribution in [2.45, 2.75) is 13.5 Å². The molecule has 0 fully saturated rings. The molecule has 0 aliphatic heterocycles. The number of nitro groups is 1. The van der Waals surface area contributed by atoms with Gasteiger partial charge in [0.05, 0.1) is 20.7 Å². The first-order chi connectivity index (χ1) is 10.0. The molecule has 0 spiro atoms. The lowest BCUT2D eigenvalue weighted by Crippen LogP contribution is -2.00. The highest BCUT2D eigenvalue weighted by Gasteiger charge is 2.17. The molecule has 0 radical (unpaired) electrons. The number of aryl methyl sites for hydroxylation is 1. The summed E-state index contributed by atoms with van der Waals surface area (Å²) in [5, 5.41) is 15.2. The molecule has 0 atom stereocenters. The predicted octanol–water partition coefficient (Wildman–Crippen LogP) is 3.47. The number of carbonyl (C=O) groups is 1.